The van der Waals surface area contributed by atoms with E-state index in [-0.39, 0.29) is 12.0 Å². The van der Waals surface area contributed by atoms with Crippen molar-refractivity contribution in [2.24, 2.45) is 7.05 Å². The van der Waals surface area contributed by atoms with Gasteiger partial charge in [0.25, 0.3) is 5.91 Å². The fraction of sp³-hybridized carbons (Fsp3) is 0.421. The molecule has 8 nitrogen and oxygen atoms in total. The Morgan fingerprint density at radius 2 is 2.11 bits per heavy atom. The quantitative estimate of drug-likeness (QED) is 0.705. The maximum absolute atomic E-state index is 13.4. The van der Waals surface area contributed by atoms with Gasteiger partial charge in [0.1, 0.15) is 6.10 Å². The smallest absolute Gasteiger partial charge is 0.254 e. The van der Waals surface area contributed by atoms with Gasteiger partial charge in [-0.15, -0.1) is 5.10 Å². The molecule has 2 aliphatic rings. The summed E-state index contributed by atoms with van der Waals surface area (Å²) in [7, 11) is 1.78. The van der Waals surface area contributed by atoms with Crippen LogP contribution in [0.4, 0.5) is 0 Å². The molecule has 1 saturated heterocycles. The van der Waals surface area contributed by atoms with Gasteiger partial charge in [-0.1, -0.05) is 18.2 Å². The van der Waals surface area contributed by atoms with Gasteiger partial charge in [-0.25, -0.2) is 4.68 Å². The van der Waals surface area contributed by atoms with Crippen LogP contribution >= 0.6 is 0 Å². The fourth-order valence-electron chi connectivity index (χ4n) is 3.63. The van der Waals surface area contributed by atoms with Gasteiger partial charge >= 0.3 is 0 Å². The average molecular weight is 364 g/mol. The van der Waals surface area contributed by atoms with E-state index in [2.05, 4.69) is 15.5 Å². The number of fused-ring (bicyclic) bond motifs is 1. The van der Waals surface area contributed by atoms with Gasteiger partial charge in [-0.2, -0.15) is 0 Å². The summed E-state index contributed by atoms with van der Waals surface area (Å²) in [4.78, 5) is 20.0. The molecule has 0 spiro atoms. The molecule has 1 saturated carbocycles. The Balaban J connectivity index is 1.49. The van der Waals surface area contributed by atoms with Crippen LogP contribution in [0.1, 0.15) is 46.7 Å². The van der Waals surface area contributed by atoms with Crippen molar-refractivity contribution in [1.29, 1.82) is 0 Å². The van der Waals surface area contributed by atoms with Gasteiger partial charge < -0.3 is 9.64 Å². The summed E-state index contributed by atoms with van der Waals surface area (Å²) in [6.45, 7) is 1.44. The van der Waals surface area contributed by atoms with Crippen LogP contribution in [0.5, 0.6) is 0 Å². The lowest BCUT2D eigenvalue weighted by molar-refractivity contribution is -0.0283. The summed E-state index contributed by atoms with van der Waals surface area (Å²) < 4.78 is 7.40. The van der Waals surface area contributed by atoms with Crippen molar-refractivity contribution >= 4 is 16.8 Å². The van der Waals surface area contributed by atoms with E-state index in [1.807, 2.05) is 35.2 Å². The number of nitrogens with zero attached hydrogens (tertiary/aromatic N) is 6. The minimum Gasteiger partial charge on any atom is -0.366 e. The van der Waals surface area contributed by atoms with Crippen LogP contribution in [-0.4, -0.2) is 55.7 Å². The predicted octanol–water partition coefficient (Wildman–Crippen LogP) is 1.85. The van der Waals surface area contributed by atoms with Gasteiger partial charge in [-0.05, 0) is 35.4 Å². The lowest BCUT2D eigenvalue weighted by Gasteiger charge is -2.32. The molecule has 138 valence electrons. The first-order valence-corrected chi connectivity index (χ1v) is 9.23. The number of tetrazole rings is 1. The molecule has 0 radical (unpaired) electrons. The van der Waals surface area contributed by atoms with Crippen molar-refractivity contribution in [2.45, 2.75) is 24.9 Å². The molecule has 1 aliphatic carbocycles. The molecule has 1 amide bonds. The number of ether oxygens (including phenoxy) is 1. The lowest BCUT2D eigenvalue weighted by Crippen LogP contribution is -2.43. The van der Waals surface area contributed by atoms with Crippen LogP contribution in [0.15, 0.2) is 30.3 Å². The molecule has 2 aromatic heterocycles. The first kappa shape index (κ1) is 16.3. The largest absolute Gasteiger partial charge is 0.366 e. The summed E-state index contributed by atoms with van der Waals surface area (Å²) in [5.41, 5.74) is 2.63. The molecule has 3 aromatic rings. The Hall–Kier alpha value is -2.87. The van der Waals surface area contributed by atoms with Crippen molar-refractivity contribution in [3.8, 4) is 0 Å². The molecular formula is C19H20N6O2. The number of hydrogen-bond acceptors (Lipinski definition) is 6. The van der Waals surface area contributed by atoms with E-state index in [1.54, 1.807) is 11.7 Å². The molecule has 1 atom stereocenters. The number of morpholine rings is 1. The van der Waals surface area contributed by atoms with Gasteiger partial charge in [0.2, 0.25) is 0 Å². The van der Waals surface area contributed by atoms with Crippen LogP contribution in [0, 0.1) is 0 Å². The molecule has 5 rings (SSSR count). The van der Waals surface area contributed by atoms with Crippen LogP contribution in [0.2, 0.25) is 0 Å². The Morgan fingerprint density at radius 3 is 2.89 bits per heavy atom. The van der Waals surface area contributed by atoms with Crippen LogP contribution in [-0.2, 0) is 11.8 Å². The molecule has 3 heterocycles. The van der Waals surface area contributed by atoms with Crippen LogP contribution in [0.25, 0.3) is 10.9 Å². The molecule has 8 heteroatoms. The normalized spacial score (nSPS) is 20.2. The number of amides is 1. The number of pyridine rings is 1. The van der Waals surface area contributed by atoms with Gasteiger partial charge in [-0.3, -0.25) is 9.78 Å². The topological polar surface area (TPSA) is 86.0 Å². The third kappa shape index (κ3) is 2.95. The van der Waals surface area contributed by atoms with Gasteiger partial charge in [0.05, 0.1) is 24.2 Å². The zero-order chi connectivity index (χ0) is 18.4. The summed E-state index contributed by atoms with van der Waals surface area (Å²) in [5.74, 6) is 1.13. The van der Waals surface area contributed by atoms with Crippen molar-refractivity contribution < 1.29 is 9.53 Å². The van der Waals surface area contributed by atoms with E-state index >= 15 is 0 Å². The second kappa shape index (κ2) is 6.38. The lowest BCUT2D eigenvalue weighted by atomic mass is 10.0. The van der Waals surface area contributed by atoms with E-state index in [9.17, 15) is 4.79 Å². The first-order valence-electron chi connectivity index (χ1n) is 9.23. The molecule has 0 N–H and O–H groups in total. The fourth-order valence-corrected chi connectivity index (χ4v) is 3.63. The second-order valence-corrected chi connectivity index (χ2v) is 7.16. The molecule has 27 heavy (non-hydrogen) atoms. The van der Waals surface area contributed by atoms with Crippen LogP contribution in [0.3, 0.4) is 0 Å². The van der Waals surface area contributed by atoms with Crippen molar-refractivity contribution in [3.63, 3.8) is 0 Å². The number of carbonyl (C=O) groups excluding carboxylic acids is 1. The highest BCUT2D eigenvalue weighted by Crippen LogP contribution is 2.40. The molecule has 1 aromatic carbocycles. The van der Waals surface area contributed by atoms with Gasteiger partial charge in [0.15, 0.2) is 5.82 Å². The standard InChI is InChI=1S/C19H20N6O2/c1-24-18(21-22-23-24)17-11-25(8-9-27-17)19(26)14-10-16(12-6-7-12)20-15-5-3-2-4-13(14)15/h2-5,10,12,17H,6-9,11H2,1H3. The number of rotatable bonds is 3. The highest BCUT2D eigenvalue weighted by atomic mass is 16.5. The second-order valence-electron chi connectivity index (χ2n) is 7.16. The average Bonchev–Trinajstić information content (AvgIpc) is 3.47. The summed E-state index contributed by atoms with van der Waals surface area (Å²) >= 11 is 0. The molecule has 1 aliphatic heterocycles. The van der Waals surface area contributed by atoms with Gasteiger partial charge in [0, 0.05) is 30.6 Å². The zero-order valence-electron chi connectivity index (χ0n) is 15.1. The summed E-state index contributed by atoms with van der Waals surface area (Å²) in [5, 5.41) is 12.5. The van der Waals surface area contributed by atoms with E-state index in [0.717, 1.165) is 35.0 Å². The van der Waals surface area contributed by atoms with E-state index in [1.165, 1.54) is 0 Å². The number of hydrogen-bond donors (Lipinski definition) is 0. The predicted molar refractivity (Wildman–Crippen MR) is 97.1 cm³/mol. The number of carbonyl (C=O) groups is 1. The SMILES string of the molecule is Cn1nnnc1C1CN(C(=O)c2cc(C3CC3)nc3ccccc23)CCO1. The van der Waals surface area contributed by atoms with Crippen molar-refractivity contribution in [1.82, 2.24) is 30.1 Å². The molecular weight excluding hydrogens is 344 g/mol. The van der Waals surface area contributed by atoms with Crippen molar-refractivity contribution in [3.05, 3.63) is 47.4 Å². The number of aryl methyl sites for hydroxylation is 1. The Kier molecular flexibility index (Phi) is 3.86. The minimum absolute atomic E-state index is 0.0129. The van der Waals surface area contributed by atoms with Crippen molar-refractivity contribution in [2.75, 3.05) is 19.7 Å². The van der Waals surface area contributed by atoms with Crippen LogP contribution < -0.4 is 0 Å². The first-order chi connectivity index (χ1) is 13.2. The zero-order valence-corrected chi connectivity index (χ0v) is 15.1. The monoisotopic (exact) mass is 364 g/mol. The molecule has 2 fully saturated rings. The highest BCUT2D eigenvalue weighted by molar-refractivity contribution is 6.06. The Bertz CT molecular complexity index is 1010. The maximum Gasteiger partial charge on any atom is 0.254 e. The summed E-state index contributed by atoms with van der Waals surface area (Å²) in [6.07, 6.45) is 1.98. The number of para-hydroxylation sites is 1. The Morgan fingerprint density at radius 1 is 1.26 bits per heavy atom. The molecule has 0 bridgehead atoms. The van der Waals surface area contributed by atoms with E-state index in [0.29, 0.717) is 31.4 Å². The maximum atomic E-state index is 13.4. The van der Waals surface area contributed by atoms with E-state index < -0.39 is 0 Å². The minimum atomic E-state index is -0.321. The molecule has 1 unspecified atom stereocenters. The third-order valence-corrected chi connectivity index (χ3v) is 5.26. The number of benzene rings is 1. The Labute approximate surface area is 156 Å². The summed E-state index contributed by atoms with van der Waals surface area (Å²) in [6, 6.07) is 9.84. The number of aromatic nitrogens is 5. The highest BCUT2D eigenvalue weighted by Gasteiger charge is 2.31. The third-order valence-electron chi connectivity index (χ3n) is 5.26. The van der Waals surface area contributed by atoms with E-state index in [4.69, 9.17) is 9.72 Å².